The second kappa shape index (κ2) is 3.83. The lowest BCUT2D eigenvalue weighted by Crippen LogP contribution is -2.51. The molecule has 0 fully saturated rings. The van der Waals surface area contributed by atoms with Crippen LogP contribution in [0.15, 0.2) is 5.16 Å². The number of oxime groups is 1. The maximum atomic E-state index is 11.9. The number of carbonyl (C=O) groups is 1. The Labute approximate surface area is 90.6 Å². The number of carbonyl (C=O) groups excluding carboxylic acids is 1. The van der Waals surface area contributed by atoms with Crippen molar-refractivity contribution in [3.63, 3.8) is 0 Å². The topological polar surface area (TPSA) is 47.9 Å². The summed E-state index contributed by atoms with van der Waals surface area (Å²) in [5, 5.41) is 3.88. The number of hydrogen-bond donors (Lipinski definition) is 0. The molecular formula is C11H19NO3. The fourth-order valence-corrected chi connectivity index (χ4v) is 1.65. The van der Waals surface area contributed by atoms with E-state index in [2.05, 4.69) is 5.16 Å². The van der Waals surface area contributed by atoms with Crippen LogP contribution in [0.2, 0.25) is 0 Å². The van der Waals surface area contributed by atoms with Crippen LogP contribution < -0.4 is 0 Å². The monoisotopic (exact) mass is 213 g/mol. The van der Waals surface area contributed by atoms with Crippen LogP contribution in [-0.2, 0) is 14.4 Å². The van der Waals surface area contributed by atoms with Crippen LogP contribution >= 0.6 is 0 Å². The molecule has 1 atom stereocenters. The Morgan fingerprint density at radius 1 is 1.60 bits per heavy atom. The van der Waals surface area contributed by atoms with E-state index in [-0.39, 0.29) is 11.4 Å². The molecule has 0 aromatic carbocycles. The Hall–Kier alpha value is -1.06. The van der Waals surface area contributed by atoms with E-state index in [1.807, 2.05) is 27.7 Å². The van der Waals surface area contributed by atoms with Crippen molar-refractivity contribution in [2.75, 3.05) is 6.61 Å². The first-order chi connectivity index (χ1) is 6.83. The highest BCUT2D eigenvalue weighted by Gasteiger charge is 2.55. The minimum atomic E-state index is -0.951. The molecule has 0 aromatic heterocycles. The highest BCUT2D eigenvalue weighted by molar-refractivity contribution is 5.93. The van der Waals surface area contributed by atoms with Crippen LogP contribution in [0.25, 0.3) is 0 Å². The molecule has 0 radical (unpaired) electrons. The first-order valence-corrected chi connectivity index (χ1v) is 5.22. The molecule has 1 aliphatic heterocycles. The Balaban J connectivity index is 2.95. The Kier molecular flexibility index (Phi) is 3.07. The number of hydrogen-bond acceptors (Lipinski definition) is 4. The predicted molar refractivity (Wildman–Crippen MR) is 57.6 cm³/mol. The lowest BCUT2D eigenvalue weighted by Gasteiger charge is -2.36. The van der Waals surface area contributed by atoms with E-state index >= 15 is 0 Å². The van der Waals surface area contributed by atoms with Crippen molar-refractivity contribution in [1.82, 2.24) is 0 Å². The van der Waals surface area contributed by atoms with Gasteiger partial charge in [0.15, 0.2) is 0 Å². The second-order valence-electron chi connectivity index (χ2n) is 4.89. The second-order valence-corrected chi connectivity index (χ2v) is 4.89. The van der Waals surface area contributed by atoms with Gasteiger partial charge in [-0.25, -0.2) is 4.79 Å². The maximum absolute atomic E-state index is 11.9. The van der Waals surface area contributed by atoms with Gasteiger partial charge in [-0.1, -0.05) is 25.9 Å². The molecule has 0 saturated heterocycles. The van der Waals surface area contributed by atoms with Crippen LogP contribution in [-0.4, -0.2) is 23.9 Å². The van der Waals surface area contributed by atoms with Gasteiger partial charge in [-0.15, -0.1) is 0 Å². The van der Waals surface area contributed by atoms with Gasteiger partial charge in [-0.3, -0.25) is 0 Å². The van der Waals surface area contributed by atoms with Crippen LogP contribution in [0, 0.1) is 5.41 Å². The molecule has 0 amide bonds. The van der Waals surface area contributed by atoms with E-state index in [0.29, 0.717) is 13.0 Å². The quantitative estimate of drug-likeness (QED) is 0.660. The van der Waals surface area contributed by atoms with Crippen molar-refractivity contribution < 1.29 is 14.4 Å². The van der Waals surface area contributed by atoms with E-state index in [1.54, 1.807) is 6.92 Å². The van der Waals surface area contributed by atoms with E-state index < -0.39 is 5.60 Å². The SMILES string of the molecule is CCOC(=O)C1(C(C)(C)C)CC(C)=NO1. The van der Waals surface area contributed by atoms with Crippen molar-refractivity contribution in [2.45, 2.75) is 46.6 Å². The van der Waals surface area contributed by atoms with Crippen molar-refractivity contribution in [3.05, 3.63) is 0 Å². The van der Waals surface area contributed by atoms with E-state index in [0.717, 1.165) is 5.71 Å². The predicted octanol–water partition coefficient (Wildman–Crippen LogP) is 2.13. The molecule has 4 nitrogen and oxygen atoms in total. The van der Waals surface area contributed by atoms with E-state index in [1.165, 1.54) is 0 Å². The zero-order valence-electron chi connectivity index (χ0n) is 10.1. The summed E-state index contributed by atoms with van der Waals surface area (Å²) >= 11 is 0. The fraction of sp³-hybridized carbons (Fsp3) is 0.818. The molecule has 1 unspecified atom stereocenters. The van der Waals surface area contributed by atoms with Gasteiger partial charge in [0, 0.05) is 11.8 Å². The zero-order chi connectivity index (χ0) is 11.7. The van der Waals surface area contributed by atoms with Gasteiger partial charge in [0.1, 0.15) is 0 Å². The third-order valence-electron chi connectivity index (χ3n) is 2.68. The van der Waals surface area contributed by atoms with Crippen LogP contribution in [0.4, 0.5) is 0 Å². The number of ether oxygens (including phenoxy) is 1. The lowest BCUT2D eigenvalue weighted by molar-refractivity contribution is -0.183. The smallest absolute Gasteiger partial charge is 0.354 e. The molecule has 0 bridgehead atoms. The third-order valence-corrected chi connectivity index (χ3v) is 2.68. The summed E-state index contributed by atoms with van der Waals surface area (Å²) in [7, 11) is 0. The lowest BCUT2D eigenvalue weighted by atomic mass is 9.74. The van der Waals surface area contributed by atoms with Gasteiger partial charge in [0.05, 0.1) is 12.3 Å². The molecule has 15 heavy (non-hydrogen) atoms. The Bertz CT molecular complexity index is 291. The molecule has 0 aromatic rings. The highest BCUT2D eigenvalue weighted by atomic mass is 16.7. The van der Waals surface area contributed by atoms with Crippen LogP contribution in [0.5, 0.6) is 0 Å². The van der Waals surface area contributed by atoms with Gasteiger partial charge in [0.25, 0.3) is 0 Å². The minimum Gasteiger partial charge on any atom is -0.463 e. The van der Waals surface area contributed by atoms with E-state index in [9.17, 15) is 4.79 Å². The Morgan fingerprint density at radius 3 is 2.53 bits per heavy atom. The highest BCUT2D eigenvalue weighted by Crippen LogP contribution is 2.41. The zero-order valence-corrected chi connectivity index (χ0v) is 10.1. The molecule has 4 heteroatoms. The number of rotatable bonds is 2. The van der Waals surface area contributed by atoms with Gasteiger partial charge in [0.2, 0.25) is 5.60 Å². The normalized spacial score (nSPS) is 25.8. The molecule has 1 rings (SSSR count). The van der Waals surface area contributed by atoms with Crippen molar-refractivity contribution in [2.24, 2.45) is 10.6 Å². The first-order valence-electron chi connectivity index (χ1n) is 5.22. The van der Waals surface area contributed by atoms with Crippen molar-refractivity contribution in [3.8, 4) is 0 Å². The first kappa shape index (κ1) is 12.0. The van der Waals surface area contributed by atoms with Gasteiger partial charge in [-0.05, 0) is 13.8 Å². The molecule has 86 valence electrons. The van der Waals surface area contributed by atoms with Crippen LogP contribution in [0.1, 0.15) is 41.0 Å². The fourth-order valence-electron chi connectivity index (χ4n) is 1.65. The molecular weight excluding hydrogens is 194 g/mol. The largest absolute Gasteiger partial charge is 0.463 e. The Morgan fingerprint density at radius 2 is 2.20 bits per heavy atom. The summed E-state index contributed by atoms with van der Waals surface area (Å²) in [4.78, 5) is 17.3. The molecule has 0 saturated carbocycles. The summed E-state index contributed by atoms with van der Waals surface area (Å²) in [5.41, 5.74) is -0.453. The average Bonchev–Trinajstić information content (AvgIpc) is 2.48. The van der Waals surface area contributed by atoms with Gasteiger partial charge < -0.3 is 9.57 Å². The third kappa shape index (κ3) is 1.98. The summed E-state index contributed by atoms with van der Waals surface area (Å²) in [6.07, 6.45) is 0.509. The van der Waals surface area contributed by atoms with Crippen LogP contribution in [0.3, 0.4) is 0 Å². The van der Waals surface area contributed by atoms with Crippen molar-refractivity contribution in [1.29, 1.82) is 0 Å². The molecule has 0 spiro atoms. The van der Waals surface area contributed by atoms with E-state index in [4.69, 9.17) is 9.57 Å². The van der Waals surface area contributed by atoms with Crippen molar-refractivity contribution >= 4 is 11.7 Å². The summed E-state index contributed by atoms with van der Waals surface area (Å²) in [5.74, 6) is -0.321. The number of nitrogens with zero attached hydrogens (tertiary/aromatic N) is 1. The minimum absolute atomic E-state index is 0.321. The maximum Gasteiger partial charge on any atom is 0.354 e. The average molecular weight is 213 g/mol. The molecule has 0 N–H and O–H groups in total. The number of esters is 1. The standard InChI is InChI=1S/C11H19NO3/c1-6-14-9(13)11(10(3,4)5)7-8(2)12-15-11/h6-7H2,1-5H3. The molecule has 1 aliphatic rings. The molecule has 0 aliphatic carbocycles. The van der Waals surface area contributed by atoms with Gasteiger partial charge in [-0.2, -0.15) is 0 Å². The summed E-state index contributed by atoms with van der Waals surface area (Å²) in [6.45, 7) is 9.87. The summed E-state index contributed by atoms with van der Waals surface area (Å²) in [6, 6.07) is 0. The molecule has 1 heterocycles. The van der Waals surface area contributed by atoms with Gasteiger partial charge >= 0.3 is 5.97 Å². The summed E-state index contributed by atoms with van der Waals surface area (Å²) < 4.78 is 5.07.